The number of nitrogens with zero attached hydrogens (tertiary/aromatic N) is 2. The average Bonchev–Trinajstić information content (AvgIpc) is 2.87. The SMILES string of the molecule is CCCCCCCCCCn1ccnc1.ClOCl.[Se]. The Kier molecular flexibility index (Phi) is 20.7. The van der Waals surface area contributed by atoms with E-state index in [1.54, 1.807) is 0 Å². The largest absolute Gasteiger partial charge is 0.337 e. The van der Waals surface area contributed by atoms with Crippen LogP contribution in [0.2, 0.25) is 0 Å². The fourth-order valence-corrected chi connectivity index (χ4v) is 1.85. The zero-order chi connectivity index (χ0) is 13.5. The number of imidazole rings is 1. The third-order valence-corrected chi connectivity index (χ3v) is 2.83. The number of aromatic nitrogens is 2. The van der Waals surface area contributed by atoms with E-state index in [4.69, 9.17) is 0 Å². The van der Waals surface area contributed by atoms with Gasteiger partial charge in [0.2, 0.25) is 0 Å². The summed E-state index contributed by atoms with van der Waals surface area (Å²) < 4.78 is 5.36. The molecule has 0 fully saturated rings. The van der Waals surface area contributed by atoms with Gasteiger partial charge in [0.05, 0.1) is 30.1 Å². The van der Waals surface area contributed by atoms with E-state index in [0.717, 1.165) is 6.54 Å². The summed E-state index contributed by atoms with van der Waals surface area (Å²) in [6.45, 7) is 3.40. The number of unbranched alkanes of at least 4 members (excludes halogenated alkanes) is 7. The molecule has 1 aromatic heterocycles. The second kappa shape index (κ2) is 18.3. The smallest absolute Gasteiger partial charge is 0.0945 e. The molecule has 19 heavy (non-hydrogen) atoms. The van der Waals surface area contributed by atoms with E-state index in [1.807, 2.05) is 18.7 Å². The van der Waals surface area contributed by atoms with Crippen molar-refractivity contribution in [3.8, 4) is 0 Å². The van der Waals surface area contributed by atoms with Crippen LogP contribution in [-0.2, 0) is 10.4 Å². The summed E-state index contributed by atoms with van der Waals surface area (Å²) in [5.41, 5.74) is 0. The van der Waals surface area contributed by atoms with Crippen molar-refractivity contribution >= 4 is 40.8 Å². The molecule has 1 aromatic rings. The van der Waals surface area contributed by atoms with Crippen LogP contribution in [0.3, 0.4) is 0 Å². The van der Waals surface area contributed by atoms with Crippen LogP contribution in [0, 0.1) is 0 Å². The molecule has 0 aromatic carbocycles. The van der Waals surface area contributed by atoms with E-state index in [9.17, 15) is 0 Å². The van der Waals surface area contributed by atoms with Gasteiger partial charge in [-0.1, -0.05) is 51.9 Å². The van der Waals surface area contributed by atoms with E-state index in [1.165, 1.54) is 51.4 Å². The van der Waals surface area contributed by atoms with Gasteiger partial charge < -0.3 is 4.57 Å². The topological polar surface area (TPSA) is 27.1 Å². The summed E-state index contributed by atoms with van der Waals surface area (Å²) >= 11 is 8.53. The molecule has 112 valence electrons. The maximum atomic E-state index is 4.26. The zero-order valence-electron chi connectivity index (χ0n) is 11.6. The van der Waals surface area contributed by atoms with Crippen molar-refractivity contribution in [2.45, 2.75) is 64.8 Å². The number of aryl methyl sites for hydroxylation is 1. The standard InChI is InChI=1S/C13H24N2.Cl2O.Se/c1-2-3-4-5-6-7-8-9-11-15-12-10-14-13-15;1-3-2;/h10,12-13H,2-9,11H2,1H3;;. The molecular formula is C13H24Cl2N2OSe. The van der Waals surface area contributed by atoms with Gasteiger partial charge in [-0.05, 0) is 6.42 Å². The van der Waals surface area contributed by atoms with Crippen LogP contribution in [0.4, 0.5) is 0 Å². The molecule has 0 N–H and O–H groups in total. The fourth-order valence-electron chi connectivity index (χ4n) is 1.85. The third-order valence-electron chi connectivity index (χ3n) is 2.83. The Bertz CT molecular complexity index is 249. The Morgan fingerprint density at radius 1 is 1.00 bits per heavy atom. The third kappa shape index (κ3) is 16.2. The van der Waals surface area contributed by atoms with E-state index < -0.39 is 0 Å². The summed E-state index contributed by atoms with van der Waals surface area (Å²) in [5, 5.41) is 0. The zero-order valence-corrected chi connectivity index (χ0v) is 14.8. The molecule has 1 rings (SSSR count). The first-order valence-electron chi connectivity index (χ1n) is 6.70. The van der Waals surface area contributed by atoms with Crippen LogP contribution in [0.25, 0.3) is 0 Å². The molecule has 0 saturated carbocycles. The van der Waals surface area contributed by atoms with Crippen LogP contribution < -0.4 is 0 Å². The molecule has 0 spiro atoms. The van der Waals surface area contributed by atoms with Gasteiger partial charge in [0.15, 0.2) is 0 Å². The van der Waals surface area contributed by atoms with E-state index in [-0.39, 0.29) is 17.1 Å². The average molecular weight is 374 g/mol. The molecule has 0 bridgehead atoms. The van der Waals surface area contributed by atoms with E-state index >= 15 is 0 Å². The number of halogens is 2. The van der Waals surface area contributed by atoms with Gasteiger partial charge in [-0.15, -0.1) is 0 Å². The van der Waals surface area contributed by atoms with Gasteiger partial charge >= 0.3 is 0 Å². The van der Waals surface area contributed by atoms with Crippen molar-refractivity contribution in [3.05, 3.63) is 18.7 Å². The minimum atomic E-state index is 0. The van der Waals surface area contributed by atoms with Gasteiger partial charge in [0.1, 0.15) is 0 Å². The van der Waals surface area contributed by atoms with E-state index in [0.29, 0.717) is 0 Å². The van der Waals surface area contributed by atoms with Crippen LogP contribution in [0.5, 0.6) is 0 Å². The second-order valence-corrected chi connectivity index (χ2v) is 4.80. The minimum absolute atomic E-state index is 0. The van der Waals surface area contributed by atoms with Crippen molar-refractivity contribution < 1.29 is 3.84 Å². The molecule has 0 aliphatic heterocycles. The van der Waals surface area contributed by atoms with Crippen molar-refractivity contribution in [1.82, 2.24) is 9.55 Å². The predicted octanol–water partition coefficient (Wildman–Crippen LogP) is 4.95. The molecule has 1 heterocycles. The first kappa shape index (κ1) is 21.6. The molecular weight excluding hydrogens is 350 g/mol. The molecule has 0 amide bonds. The molecule has 0 aliphatic carbocycles. The summed E-state index contributed by atoms with van der Waals surface area (Å²) in [7, 11) is 0. The molecule has 0 atom stereocenters. The molecule has 2 radical (unpaired) electrons. The van der Waals surface area contributed by atoms with Gasteiger partial charge in [0.25, 0.3) is 0 Å². The molecule has 3 nitrogen and oxygen atoms in total. The van der Waals surface area contributed by atoms with Crippen LogP contribution in [0.1, 0.15) is 58.3 Å². The Morgan fingerprint density at radius 3 is 2.00 bits per heavy atom. The summed E-state index contributed by atoms with van der Waals surface area (Å²) in [4.78, 5) is 4.03. The minimum Gasteiger partial charge on any atom is -0.337 e. The summed E-state index contributed by atoms with van der Waals surface area (Å²) in [6, 6.07) is 0. The molecule has 0 unspecified atom stereocenters. The van der Waals surface area contributed by atoms with Crippen LogP contribution in [-0.4, -0.2) is 26.6 Å². The normalized spacial score (nSPS) is 9.42. The number of hydrogen-bond acceptors (Lipinski definition) is 2. The van der Waals surface area contributed by atoms with Crippen molar-refractivity contribution in [2.24, 2.45) is 0 Å². The summed E-state index contributed by atoms with van der Waals surface area (Å²) in [6.07, 6.45) is 16.9. The second-order valence-electron chi connectivity index (χ2n) is 4.33. The molecule has 0 saturated heterocycles. The maximum Gasteiger partial charge on any atom is 0.0945 e. The Labute approximate surface area is 137 Å². The number of rotatable bonds is 9. The molecule has 0 aliphatic rings. The van der Waals surface area contributed by atoms with Gasteiger partial charge in [0, 0.05) is 36.0 Å². The van der Waals surface area contributed by atoms with Crippen LogP contribution in [0.15, 0.2) is 18.7 Å². The number of hydrogen-bond donors (Lipinski definition) is 0. The predicted molar refractivity (Wildman–Crippen MR) is 83.4 cm³/mol. The quantitative estimate of drug-likeness (QED) is 0.452. The summed E-state index contributed by atoms with van der Waals surface area (Å²) in [5.74, 6) is 0. The van der Waals surface area contributed by atoms with Crippen molar-refractivity contribution in [3.63, 3.8) is 0 Å². The first-order valence-corrected chi connectivity index (χ1v) is 7.32. The monoisotopic (exact) mass is 374 g/mol. The van der Waals surface area contributed by atoms with Gasteiger partial charge in [-0.3, -0.25) is 0 Å². The fraction of sp³-hybridized carbons (Fsp3) is 0.769. The van der Waals surface area contributed by atoms with Crippen molar-refractivity contribution in [2.75, 3.05) is 0 Å². The van der Waals surface area contributed by atoms with E-state index in [2.05, 4.69) is 44.0 Å². The maximum absolute atomic E-state index is 4.26. The Morgan fingerprint density at radius 2 is 1.53 bits per heavy atom. The van der Waals surface area contributed by atoms with Crippen molar-refractivity contribution in [1.29, 1.82) is 0 Å². The molecule has 6 heteroatoms. The van der Waals surface area contributed by atoms with Gasteiger partial charge in [-0.2, -0.15) is 3.84 Å². The Hall–Kier alpha value is 0.269. The Balaban J connectivity index is 0. The first-order chi connectivity index (χ1) is 8.85. The van der Waals surface area contributed by atoms with Crippen LogP contribution >= 0.6 is 23.7 Å². The van der Waals surface area contributed by atoms with Gasteiger partial charge in [-0.25, -0.2) is 4.98 Å².